The Bertz CT molecular complexity index is 228. The Hall–Kier alpha value is 0.150. The molecule has 1 unspecified atom stereocenters. The molecule has 0 amide bonds. The average molecular weight is 290 g/mol. The second-order valence-corrected chi connectivity index (χ2v) is 7.39. The van der Waals surface area contributed by atoms with Crippen molar-refractivity contribution in [3.8, 4) is 0 Å². The first-order valence-electron chi connectivity index (χ1n) is 6.25. The minimum absolute atomic E-state index is 0.228. The smallest absolute Gasteiger partial charge is 0.0570 e. The molecule has 0 rings (SSSR count). The molecule has 0 radical (unpaired) electrons. The molecule has 0 fully saturated rings. The van der Waals surface area contributed by atoms with E-state index in [0.29, 0.717) is 22.7 Å². The molecule has 0 aromatic heterocycles. The van der Waals surface area contributed by atoms with Crippen LogP contribution in [-0.4, -0.2) is 16.6 Å². The quantitative estimate of drug-likeness (QED) is 0.514. The molecular weight excluding hydrogens is 262 g/mol. The summed E-state index contributed by atoms with van der Waals surface area (Å²) in [5, 5.41) is 0. The summed E-state index contributed by atoms with van der Waals surface area (Å²) in [7, 11) is 0. The van der Waals surface area contributed by atoms with Crippen molar-refractivity contribution in [1.82, 2.24) is 0 Å². The normalized spacial score (nSPS) is 16.4. The molecule has 0 saturated carbocycles. The molecule has 2 heteroatoms. The van der Waals surface area contributed by atoms with Crippen molar-refractivity contribution in [3.05, 3.63) is 0 Å². The van der Waals surface area contributed by atoms with Crippen molar-refractivity contribution in [1.29, 1.82) is 0 Å². The Kier molecular flexibility index (Phi) is 6.24. The zero-order valence-electron chi connectivity index (χ0n) is 12.1. The Morgan fingerprint density at radius 3 is 1.62 bits per heavy atom. The second-order valence-electron chi connectivity index (χ2n) is 6.48. The molecule has 0 bridgehead atoms. The third-order valence-corrected chi connectivity index (χ3v) is 4.88. The fourth-order valence-electron chi connectivity index (χ4n) is 2.00. The molecule has 0 spiro atoms. The van der Waals surface area contributed by atoms with Gasteiger partial charge in [0.15, 0.2) is 0 Å². The van der Waals surface area contributed by atoms with Crippen LogP contribution in [0.5, 0.6) is 0 Å². The molecule has 0 N–H and O–H groups in total. The summed E-state index contributed by atoms with van der Waals surface area (Å²) in [6.07, 6.45) is 0. The van der Waals surface area contributed by atoms with E-state index in [0.717, 1.165) is 0 Å². The number of hydrogen-bond acceptors (Lipinski definition) is 1. The molecule has 16 heavy (non-hydrogen) atoms. The van der Waals surface area contributed by atoms with Gasteiger partial charge in [0.2, 0.25) is 0 Å². The Balaban J connectivity index is 4.86. The van der Waals surface area contributed by atoms with Crippen molar-refractivity contribution in [2.75, 3.05) is 0 Å². The first-order valence-corrected chi connectivity index (χ1v) is 7.17. The van der Waals surface area contributed by atoms with Crippen molar-refractivity contribution >= 4 is 21.6 Å². The van der Waals surface area contributed by atoms with Gasteiger partial charge in [0, 0.05) is 5.71 Å². The molecule has 96 valence electrons. The van der Waals surface area contributed by atoms with Gasteiger partial charge in [0.25, 0.3) is 0 Å². The summed E-state index contributed by atoms with van der Waals surface area (Å²) in [5.41, 5.74) is 1.45. The Morgan fingerprint density at radius 2 is 1.38 bits per heavy atom. The van der Waals surface area contributed by atoms with E-state index in [-0.39, 0.29) is 5.41 Å². The summed E-state index contributed by atoms with van der Waals surface area (Å²) >= 11 is 3.76. The molecule has 0 saturated heterocycles. The van der Waals surface area contributed by atoms with E-state index in [9.17, 15) is 0 Å². The lowest BCUT2D eigenvalue weighted by Crippen LogP contribution is -2.30. The van der Waals surface area contributed by atoms with E-state index in [4.69, 9.17) is 4.99 Å². The van der Waals surface area contributed by atoms with Gasteiger partial charge in [-0.15, -0.1) is 0 Å². The number of aliphatic imine (C=N–C) groups is 1. The highest BCUT2D eigenvalue weighted by atomic mass is 79.9. The molecule has 0 aliphatic carbocycles. The predicted molar refractivity (Wildman–Crippen MR) is 78.7 cm³/mol. The summed E-state index contributed by atoms with van der Waals surface area (Å²) in [4.78, 5) is 5.27. The highest BCUT2D eigenvalue weighted by Gasteiger charge is 2.26. The van der Waals surface area contributed by atoms with Gasteiger partial charge < -0.3 is 0 Å². The minimum Gasteiger partial charge on any atom is -0.289 e. The number of halogens is 1. The predicted octanol–water partition coefficient (Wildman–Crippen LogP) is 4.94. The van der Waals surface area contributed by atoms with Crippen LogP contribution in [0.4, 0.5) is 0 Å². The van der Waals surface area contributed by atoms with E-state index >= 15 is 0 Å². The van der Waals surface area contributed by atoms with E-state index in [1.54, 1.807) is 0 Å². The minimum atomic E-state index is 0.228. The third kappa shape index (κ3) is 4.99. The summed E-state index contributed by atoms with van der Waals surface area (Å²) in [5.74, 6) is 1.21. The molecule has 0 aromatic carbocycles. The lowest BCUT2D eigenvalue weighted by atomic mass is 9.88. The number of hydrogen-bond donors (Lipinski definition) is 0. The van der Waals surface area contributed by atoms with Crippen LogP contribution >= 0.6 is 15.9 Å². The van der Waals surface area contributed by atoms with E-state index < -0.39 is 0 Å². The summed E-state index contributed by atoms with van der Waals surface area (Å²) in [6.45, 7) is 17.9. The maximum Gasteiger partial charge on any atom is 0.0570 e. The van der Waals surface area contributed by atoms with Crippen LogP contribution in [0.3, 0.4) is 0 Å². The van der Waals surface area contributed by atoms with Gasteiger partial charge in [-0.1, -0.05) is 64.4 Å². The van der Waals surface area contributed by atoms with Gasteiger partial charge in [-0.05, 0) is 24.2 Å². The van der Waals surface area contributed by atoms with E-state index in [2.05, 4.69) is 71.3 Å². The van der Waals surface area contributed by atoms with Gasteiger partial charge in [0.05, 0.1) is 10.9 Å². The molecule has 0 aliphatic heterocycles. The fourth-order valence-corrected chi connectivity index (χ4v) is 2.11. The number of nitrogens with zero attached hydrogens (tertiary/aromatic N) is 1. The van der Waals surface area contributed by atoms with Gasteiger partial charge in [-0.25, -0.2) is 0 Å². The van der Waals surface area contributed by atoms with Crippen LogP contribution in [0.1, 0.15) is 55.4 Å². The monoisotopic (exact) mass is 289 g/mol. The van der Waals surface area contributed by atoms with Crippen molar-refractivity contribution < 1.29 is 0 Å². The van der Waals surface area contributed by atoms with E-state index in [1.165, 1.54) is 5.71 Å². The topological polar surface area (TPSA) is 12.4 Å². The largest absolute Gasteiger partial charge is 0.289 e. The van der Waals surface area contributed by atoms with Gasteiger partial charge in [-0.3, -0.25) is 4.99 Å². The number of rotatable bonds is 4. The molecular formula is C14H28BrN. The molecule has 0 aliphatic rings. The van der Waals surface area contributed by atoms with Crippen LogP contribution in [-0.2, 0) is 0 Å². The van der Waals surface area contributed by atoms with Crippen molar-refractivity contribution in [2.45, 2.75) is 66.3 Å². The van der Waals surface area contributed by atoms with Gasteiger partial charge in [0.1, 0.15) is 0 Å². The van der Waals surface area contributed by atoms with Crippen LogP contribution in [0.25, 0.3) is 0 Å². The number of alkyl halides is 1. The third-order valence-electron chi connectivity index (χ3n) is 2.85. The average Bonchev–Trinajstić information content (AvgIpc) is 2.09. The highest BCUT2D eigenvalue weighted by molar-refractivity contribution is 9.10. The maximum atomic E-state index is 4.91. The van der Waals surface area contributed by atoms with Gasteiger partial charge >= 0.3 is 0 Å². The first-order chi connectivity index (χ1) is 7.07. The SMILES string of the molecule is CC(=NC(C(C)C)C(C)C)C(Br)C(C)(C)C. The summed E-state index contributed by atoms with van der Waals surface area (Å²) < 4.78 is 0. The van der Waals surface area contributed by atoms with Gasteiger partial charge in [-0.2, -0.15) is 0 Å². The lowest BCUT2D eigenvalue weighted by molar-refractivity contribution is 0.385. The zero-order valence-corrected chi connectivity index (χ0v) is 13.7. The summed E-state index contributed by atoms with van der Waals surface area (Å²) in [6, 6.07) is 0.433. The van der Waals surface area contributed by atoms with Crippen LogP contribution < -0.4 is 0 Å². The van der Waals surface area contributed by atoms with Crippen molar-refractivity contribution in [2.24, 2.45) is 22.2 Å². The molecule has 1 atom stereocenters. The highest BCUT2D eigenvalue weighted by Crippen LogP contribution is 2.28. The molecule has 1 nitrogen and oxygen atoms in total. The van der Waals surface area contributed by atoms with Crippen molar-refractivity contribution in [3.63, 3.8) is 0 Å². The standard InChI is InChI=1S/C14H28BrN/c1-9(2)12(10(3)4)16-11(5)13(15)14(6,7)8/h9-10,12-13H,1-8H3. The fraction of sp³-hybridized carbons (Fsp3) is 0.929. The maximum absolute atomic E-state index is 4.91. The second kappa shape index (κ2) is 6.18. The van der Waals surface area contributed by atoms with Crippen LogP contribution in [0, 0.1) is 17.3 Å². The first kappa shape index (κ1) is 16.1. The Morgan fingerprint density at radius 1 is 1.00 bits per heavy atom. The van der Waals surface area contributed by atoms with Crippen LogP contribution in [0.15, 0.2) is 4.99 Å². The molecule has 0 aromatic rings. The zero-order chi connectivity index (χ0) is 13.1. The van der Waals surface area contributed by atoms with E-state index in [1.807, 2.05) is 0 Å². The Labute approximate surface area is 110 Å². The lowest BCUT2D eigenvalue weighted by Gasteiger charge is -2.28. The van der Waals surface area contributed by atoms with Crippen LogP contribution in [0.2, 0.25) is 0 Å². The molecule has 0 heterocycles.